The number of fused-ring (bicyclic) bond motifs is 1. The number of oxazole rings is 1. The van der Waals surface area contributed by atoms with Crippen LogP contribution in [0.2, 0.25) is 10.0 Å². The number of nitrogens with one attached hydrogen (secondary N) is 1. The highest BCUT2D eigenvalue weighted by atomic mass is 35.5. The number of nitrogens with zero attached hydrogens (tertiary/aromatic N) is 1. The molecule has 1 unspecified atom stereocenters. The van der Waals surface area contributed by atoms with Crippen molar-refractivity contribution in [3.8, 4) is 17.2 Å². The molecule has 0 aliphatic carbocycles. The van der Waals surface area contributed by atoms with Gasteiger partial charge in [0.05, 0.1) is 5.56 Å². The number of hydrogen-bond acceptors (Lipinski definition) is 8. The van der Waals surface area contributed by atoms with E-state index in [-0.39, 0.29) is 30.1 Å². The van der Waals surface area contributed by atoms with E-state index in [1.54, 1.807) is 75.4 Å². The summed E-state index contributed by atoms with van der Waals surface area (Å²) in [6.45, 7) is 5.10. The van der Waals surface area contributed by atoms with Crippen LogP contribution < -0.4 is 10.1 Å². The van der Waals surface area contributed by atoms with Crippen molar-refractivity contribution in [2.45, 2.75) is 45.4 Å². The number of esters is 2. The molecule has 0 saturated heterocycles. The Bertz CT molecular complexity index is 1850. The number of amides is 1. The number of aromatic nitrogens is 1. The summed E-state index contributed by atoms with van der Waals surface area (Å²) < 4.78 is 22.7. The Morgan fingerprint density at radius 2 is 1.54 bits per heavy atom. The first-order valence-corrected chi connectivity index (χ1v) is 15.1. The normalized spacial score (nSPS) is 11.9. The van der Waals surface area contributed by atoms with Crippen molar-refractivity contribution in [3.63, 3.8) is 0 Å². The fourth-order valence-corrected chi connectivity index (χ4v) is 5.05. The van der Waals surface area contributed by atoms with Crippen molar-refractivity contribution < 1.29 is 33.0 Å². The average Bonchev–Trinajstić information content (AvgIpc) is 3.44. The van der Waals surface area contributed by atoms with E-state index in [0.717, 1.165) is 5.56 Å². The van der Waals surface area contributed by atoms with Crippen LogP contribution in [-0.2, 0) is 27.3 Å². The summed E-state index contributed by atoms with van der Waals surface area (Å²) in [7, 11) is 0. The number of ether oxygens (including phenoxy) is 3. The third-order valence-corrected chi connectivity index (χ3v) is 6.93. The lowest BCUT2D eigenvalue weighted by molar-refractivity contribution is -0.147. The van der Waals surface area contributed by atoms with Gasteiger partial charge in [-0.15, -0.1) is 0 Å². The number of halogens is 2. The monoisotopic (exact) mass is 660 g/mol. The van der Waals surface area contributed by atoms with Gasteiger partial charge in [-0.25, -0.2) is 19.4 Å². The van der Waals surface area contributed by atoms with E-state index in [0.29, 0.717) is 32.4 Å². The highest BCUT2D eigenvalue weighted by Crippen LogP contribution is 2.32. The van der Waals surface area contributed by atoms with Crippen molar-refractivity contribution in [1.29, 1.82) is 0 Å². The topological polar surface area (TPSA) is 117 Å². The molecule has 1 atom stereocenters. The molecule has 5 rings (SSSR count). The summed E-state index contributed by atoms with van der Waals surface area (Å²) in [5.74, 6) is -0.862. The van der Waals surface area contributed by atoms with E-state index >= 15 is 0 Å². The summed E-state index contributed by atoms with van der Waals surface area (Å²) in [5.41, 5.74) is 1.55. The van der Waals surface area contributed by atoms with E-state index in [1.807, 2.05) is 30.3 Å². The van der Waals surface area contributed by atoms with Crippen molar-refractivity contribution in [3.05, 3.63) is 118 Å². The molecule has 0 fully saturated rings. The average molecular weight is 662 g/mol. The minimum Gasteiger partial charge on any atom is -0.459 e. The van der Waals surface area contributed by atoms with Gasteiger partial charge in [0.25, 0.3) is 0 Å². The summed E-state index contributed by atoms with van der Waals surface area (Å²) in [4.78, 5) is 44.3. The molecule has 0 bridgehead atoms. The summed E-state index contributed by atoms with van der Waals surface area (Å²) >= 11 is 12.5. The lowest BCUT2D eigenvalue weighted by Crippen LogP contribution is -2.45. The van der Waals surface area contributed by atoms with Gasteiger partial charge >= 0.3 is 18.0 Å². The maximum atomic E-state index is 13.5. The van der Waals surface area contributed by atoms with Crippen LogP contribution in [-0.4, -0.2) is 34.7 Å². The van der Waals surface area contributed by atoms with Crippen LogP contribution in [0.4, 0.5) is 4.79 Å². The lowest BCUT2D eigenvalue weighted by Gasteiger charge is -2.23. The van der Waals surface area contributed by atoms with Gasteiger partial charge in [0.15, 0.2) is 5.58 Å². The maximum absolute atomic E-state index is 13.5. The van der Waals surface area contributed by atoms with Gasteiger partial charge < -0.3 is 23.9 Å². The van der Waals surface area contributed by atoms with Gasteiger partial charge in [0, 0.05) is 22.0 Å². The quantitative estimate of drug-likeness (QED) is 0.124. The number of alkyl carbamates (subject to hydrolysis) is 1. The van der Waals surface area contributed by atoms with Gasteiger partial charge in [0.1, 0.15) is 29.5 Å². The number of hydrogen-bond donors (Lipinski definition) is 1. The molecule has 9 nitrogen and oxygen atoms in total. The molecule has 46 heavy (non-hydrogen) atoms. The number of carbonyl (C=O) groups excluding carboxylic acids is 3. The van der Waals surface area contributed by atoms with E-state index < -0.39 is 29.7 Å². The van der Waals surface area contributed by atoms with E-state index in [9.17, 15) is 14.4 Å². The zero-order valence-electron chi connectivity index (χ0n) is 25.2. The molecule has 11 heteroatoms. The predicted octanol–water partition coefficient (Wildman–Crippen LogP) is 8.20. The van der Waals surface area contributed by atoms with E-state index in [4.69, 9.17) is 41.8 Å². The number of para-hydroxylation sites is 1. The molecule has 1 amide bonds. The van der Waals surface area contributed by atoms with Crippen LogP contribution >= 0.6 is 23.2 Å². The fourth-order valence-electron chi connectivity index (χ4n) is 4.52. The molecule has 1 heterocycles. The summed E-state index contributed by atoms with van der Waals surface area (Å²) in [6.07, 6.45) is -0.947. The molecule has 0 saturated carbocycles. The number of benzene rings is 4. The van der Waals surface area contributed by atoms with Crippen molar-refractivity contribution >= 4 is 52.3 Å². The van der Waals surface area contributed by atoms with Gasteiger partial charge in [0.2, 0.25) is 5.89 Å². The van der Waals surface area contributed by atoms with Crippen LogP contribution in [0.25, 0.3) is 22.6 Å². The number of carbonyl (C=O) groups is 3. The largest absolute Gasteiger partial charge is 0.459 e. The second kappa shape index (κ2) is 14.1. The lowest BCUT2D eigenvalue weighted by atomic mass is 10.0. The van der Waals surface area contributed by atoms with Gasteiger partial charge in [-0.1, -0.05) is 71.7 Å². The molecule has 0 aliphatic rings. The first-order valence-electron chi connectivity index (χ1n) is 14.3. The number of rotatable bonds is 9. The van der Waals surface area contributed by atoms with Gasteiger partial charge in [-0.05, 0) is 74.4 Å². The van der Waals surface area contributed by atoms with Crippen LogP contribution in [0.15, 0.2) is 95.4 Å². The molecule has 4 aromatic carbocycles. The molecule has 0 aliphatic heterocycles. The van der Waals surface area contributed by atoms with Crippen LogP contribution in [0.1, 0.15) is 42.3 Å². The summed E-state index contributed by atoms with van der Waals surface area (Å²) in [6, 6.07) is 24.4. The highest BCUT2D eigenvalue weighted by molar-refractivity contribution is 6.35. The van der Waals surface area contributed by atoms with E-state index in [2.05, 4.69) is 10.3 Å². The fraction of sp³-hybridized carbons (Fsp3) is 0.200. The molecule has 1 aromatic heterocycles. The van der Waals surface area contributed by atoms with Crippen molar-refractivity contribution in [2.24, 2.45) is 0 Å². The Morgan fingerprint density at radius 3 is 2.20 bits per heavy atom. The molecular weight excluding hydrogens is 631 g/mol. The second-order valence-corrected chi connectivity index (χ2v) is 12.2. The van der Waals surface area contributed by atoms with Gasteiger partial charge in [-0.2, -0.15) is 0 Å². The van der Waals surface area contributed by atoms with Crippen LogP contribution in [0.3, 0.4) is 0 Å². The Morgan fingerprint density at radius 1 is 0.891 bits per heavy atom. The Balaban J connectivity index is 1.54. The Hall–Kier alpha value is -4.86. The minimum atomic E-state index is -1.22. The first kappa shape index (κ1) is 32.5. The zero-order valence-corrected chi connectivity index (χ0v) is 26.7. The zero-order chi connectivity index (χ0) is 32.8. The predicted molar refractivity (Wildman–Crippen MR) is 174 cm³/mol. The Labute approximate surface area is 275 Å². The van der Waals surface area contributed by atoms with Gasteiger partial charge in [-0.3, -0.25) is 0 Å². The maximum Gasteiger partial charge on any atom is 0.408 e. The first-order chi connectivity index (χ1) is 21.9. The minimum absolute atomic E-state index is 0.0192. The van der Waals surface area contributed by atoms with Crippen LogP contribution in [0.5, 0.6) is 5.75 Å². The smallest absolute Gasteiger partial charge is 0.408 e. The molecule has 0 radical (unpaired) electrons. The molecule has 236 valence electrons. The SMILES string of the molecule is CC(C)(C)OC(=O)NC(Cc1cc(C(=O)Oc2ccccc2)cc2oc(-c3cc(Cl)cc(Cl)c3)nc12)C(=O)OCc1ccccc1. The molecule has 0 spiro atoms. The highest BCUT2D eigenvalue weighted by Gasteiger charge is 2.28. The van der Waals surface area contributed by atoms with Crippen LogP contribution in [0, 0.1) is 0 Å². The Kier molecular flexibility index (Phi) is 9.94. The molecule has 5 aromatic rings. The standard InChI is InChI=1S/C35H30Cl2N2O7/c1-35(2,3)46-34(42)38-28(33(41)43-20-21-10-6-4-7-11-21)17-22-14-24(32(40)44-27-12-8-5-9-13-27)18-29-30(22)39-31(45-29)23-15-25(36)19-26(37)16-23/h4-16,18-19,28H,17,20H2,1-3H3,(H,38,42). The summed E-state index contributed by atoms with van der Waals surface area (Å²) in [5, 5.41) is 3.37. The third kappa shape index (κ3) is 8.65. The molecule has 1 N–H and O–H groups in total. The van der Waals surface area contributed by atoms with E-state index in [1.165, 1.54) is 6.07 Å². The molecular formula is C35H30Cl2N2O7. The third-order valence-electron chi connectivity index (χ3n) is 6.50. The van der Waals surface area contributed by atoms with Crippen molar-refractivity contribution in [2.75, 3.05) is 0 Å². The second-order valence-electron chi connectivity index (χ2n) is 11.4. The van der Waals surface area contributed by atoms with Crippen molar-refractivity contribution in [1.82, 2.24) is 10.3 Å².